The van der Waals surface area contributed by atoms with E-state index in [2.05, 4.69) is 12.2 Å². The van der Waals surface area contributed by atoms with E-state index in [1.165, 1.54) is 44.8 Å². The molecule has 2 atom stereocenters. The van der Waals surface area contributed by atoms with Gasteiger partial charge >= 0.3 is 5.97 Å². The van der Waals surface area contributed by atoms with Gasteiger partial charge in [0.15, 0.2) is 6.61 Å². The summed E-state index contributed by atoms with van der Waals surface area (Å²) in [6.07, 6.45) is 4.28. The minimum absolute atomic E-state index is 0.00238. The molecule has 0 aromatic heterocycles. The first-order valence-electron chi connectivity index (χ1n) is 8.71. The third kappa shape index (κ3) is 5.04. The third-order valence-corrected chi connectivity index (χ3v) is 6.45. The van der Waals surface area contributed by atoms with Crippen molar-refractivity contribution >= 4 is 21.9 Å². The van der Waals surface area contributed by atoms with Gasteiger partial charge in [-0.05, 0) is 37.0 Å². The summed E-state index contributed by atoms with van der Waals surface area (Å²) < 4.78 is 30.4. The lowest BCUT2D eigenvalue weighted by Crippen LogP contribution is -2.42. The molecule has 1 N–H and O–H groups in total. The molecule has 1 fully saturated rings. The van der Waals surface area contributed by atoms with Crippen LogP contribution in [0.25, 0.3) is 0 Å². The van der Waals surface area contributed by atoms with E-state index in [-0.39, 0.29) is 29.0 Å². The van der Waals surface area contributed by atoms with E-state index < -0.39 is 16.0 Å². The number of esters is 1. The number of ether oxygens (including phenoxy) is 1. The summed E-state index contributed by atoms with van der Waals surface area (Å²) in [5.41, 5.74) is 0.0896. The molecule has 2 rings (SSSR count). The maximum absolute atomic E-state index is 12.1. The molecule has 7 nitrogen and oxygen atoms in total. The molecule has 1 aliphatic rings. The average Bonchev–Trinajstić information content (AvgIpc) is 2.61. The highest BCUT2D eigenvalue weighted by Gasteiger charge is 2.23. The lowest BCUT2D eigenvalue weighted by atomic mass is 9.86. The van der Waals surface area contributed by atoms with Crippen molar-refractivity contribution in [2.45, 2.75) is 43.5 Å². The zero-order valence-corrected chi connectivity index (χ0v) is 16.2. The highest BCUT2D eigenvalue weighted by molar-refractivity contribution is 7.89. The van der Waals surface area contributed by atoms with Crippen molar-refractivity contribution in [3.8, 4) is 0 Å². The Kier molecular flexibility index (Phi) is 6.77. The van der Waals surface area contributed by atoms with Gasteiger partial charge in [-0.2, -0.15) is 0 Å². The van der Waals surface area contributed by atoms with Crippen molar-refractivity contribution in [3.63, 3.8) is 0 Å². The molecule has 0 heterocycles. The summed E-state index contributed by atoms with van der Waals surface area (Å²) in [6, 6.07) is 5.69. The first-order chi connectivity index (χ1) is 12.2. The molecule has 0 radical (unpaired) electrons. The molecule has 1 aromatic carbocycles. The minimum atomic E-state index is -3.64. The monoisotopic (exact) mass is 382 g/mol. The van der Waals surface area contributed by atoms with Crippen LogP contribution in [-0.2, 0) is 19.6 Å². The van der Waals surface area contributed by atoms with Crippen molar-refractivity contribution in [2.75, 3.05) is 20.7 Å². The number of nitrogens with zero attached hydrogens (tertiary/aromatic N) is 1. The van der Waals surface area contributed by atoms with Gasteiger partial charge in [0.05, 0.1) is 10.5 Å². The van der Waals surface area contributed by atoms with E-state index >= 15 is 0 Å². The SMILES string of the molecule is C[C@H]1CCCC[C@H]1NC(=O)COC(=O)c1cccc(S(=O)(=O)N(C)C)c1. The molecule has 144 valence electrons. The predicted molar refractivity (Wildman–Crippen MR) is 97.2 cm³/mol. The fraction of sp³-hybridized carbons (Fsp3) is 0.556. The molecule has 1 aliphatic carbocycles. The zero-order chi connectivity index (χ0) is 19.3. The van der Waals surface area contributed by atoms with Crippen LogP contribution in [0.5, 0.6) is 0 Å². The largest absolute Gasteiger partial charge is 0.452 e. The molecule has 1 aromatic rings. The van der Waals surface area contributed by atoms with Crippen LogP contribution in [0.2, 0.25) is 0 Å². The normalized spacial score (nSPS) is 20.6. The maximum atomic E-state index is 12.1. The second-order valence-electron chi connectivity index (χ2n) is 6.83. The summed E-state index contributed by atoms with van der Waals surface area (Å²) in [7, 11) is -0.816. The smallest absolute Gasteiger partial charge is 0.338 e. The highest BCUT2D eigenvalue weighted by Crippen LogP contribution is 2.23. The summed E-state index contributed by atoms with van der Waals surface area (Å²) >= 11 is 0. The van der Waals surface area contributed by atoms with Gasteiger partial charge in [0.2, 0.25) is 10.0 Å². The molecule has 0 unspecified atom stereocenters. The van der Waals surface area contributed by atoms with Crippen molar-refractivity contribution in [1.29, 1.82) is 0 Å². The molecule has 1 amide bonds. The molecular formula is C18H26N2O5S. The van der Waals surface area contributed by atoms with Crippen LogP contribution in [0.15, 0.2) is 29.2 Å². The number of hydrogen-bond acceptors (Lipinski definition) is 5. The second-order valence-corrected chi connectivity index (χ2v) is 8.98. The third-order valence-electron chi connectivity index (χ3n) is 4.64. The van der Waals surface area contributed by atoms with E-state index in [4.69, 9.17) is 4.74 Å². The van der Waals surface area contributed by atoms with Crippen LogP contribution in [0.3, 0.4) is 0 Å². The molecule has 0 saturated heterocycles. The summed E-state index contributed by atoms with van der Waals surface area (Å²) in [5, 5.41) is 2.91. The van der Waals surface area contributed by atoms with E-state index in [1.54, 1.807) is 0 Å². The summed E-state index contributed by atoms with van der Waals surface area (Å²) in [4.78, 5) is 24.2. The Morgan fingerprint density at radius 2 is 1.92 bits per heavy atom. The van der Waals surface area contributed by atoms with Crippen molar-refractivity contribution in [3.05, 3.63) is 29.8 Å². The average molecular weight is 382 g/mol. The van der Waals surface area contributed by atoms with Crippen molar-refractivity contribution in [1.82, 2.24) is 9.62 Å². The Morgan fingerprint density at radius 1 is 1.23 bits per heavy atom. The Balaban J connectivity index is 1.94. The number of rotatable bonds is 6. The van der Waals surface area contributed by atoms with Crippen LogP contribution < -0.4 is 5.32 Å². The number of benzene rings is 1. The van der Waals surface area contributed by atoms with Crippen LogP contribution in [0, 0.1) is 5.92 Å². The van der Waals surface area contributed by atoms with Crippen molar-refractivity contribution < 1.29 is 22.7 Å². The lowest BCUT2D eigenvalue weighted by molar-refractivity contribution is -0.125. The van der Waals surface area contributed by atoms with Gasteiger partial charge in [-0.25, -0.2) is 17.5 Å². The fourth-order valence-electron chi connectivity index (χ4n) is 2.99. The Labute approximate surface area is 154 Å². The minimum Gasteiger partial charge on any atom is -0.452 e. The first-order valence-corrected chi connectivity index (χ1v) is 10.1. The van der Waals surface area contributed by atoms with Crippen molar-refractivity contribution in [2.24, 2.45) is 5.92 Å². The topological polar surface area (TPSA) is 92.8 Å². The van der Waals surface area contributed by atoms with Gasteiger partial charge in [0.1, 0.15) is 0 Å². The molecule has 26 heavy (non-hydrogen) atoms. The molecule has 0 spiro atoms. The molecular weight excluding hydrogens is 356 g/mol. The predicted octanol–water partition coefficient (Wildman–Crippen LogP) is 1.79. The number of sulfonamides is 1. The fourth-order valence-corrected chi connectivity index (χ4v) is 3.94. The van der Waals surface area contributed by atoms with E-state index in [1.807, 2.05) is 0 Å². The highest BCUT2D eigenvalue weighted by atomic mass is 32.2. The van der Waals surface area contributed by atoms with E-state index in [9.17, 15) is 18.0 Å². The quantitative estimate of drug-likeness (QED) is 0.757. The molecule has 1 saturated carbocycles. The van der Waals surface area contributed by atoms with Gasteiger partial charge in [-0.3, -0.25) is 4.79 Å². The maximum Gasteiger partial charge on any atom is 0.338 e. The Hall–Kier alpha value is -1.93. The Bertz CT molecular complexity index is 761. The standard InChI is InChI=1S/C18H26N2O5S/c1-13-7-4-5-10-16(13)19-17(21)12-25-18(22)14-8-6-9-15(11-14)26(23,24)20(2)3/h6,8-9,11,13,16H,4-5,7,10,12H2,1-3H3,(H,19,21)/t13-,16+/m0/s1. The molecule has 0 bridgehead atoms. The van der Waals surface area contributed by atoms with Crippen LogP contribution >= 0.6 is 0 Å². The van der Waals surface area contributed by atoms with Gasteiger partial charge in [-0.15, -0.1) is 0 Å². The van der Waals surface area contributed by atoms with Crippen LogP contribution in [0.4, 0.5) is 0 Å². The van der Waals surface area contributed by atoms with E-state index in [0.717, 1.165) is 23.6 Å². The van der Waals surface area contributed by atoms with Gasteiger partial charge in [0.25, 0.3) is 5.91 Å². The number of nitrogens with one attached hydrogen (secondary N) is 1. The van der Waals surface area contributed by atoms with Crippen LogP contribution in [0.1, 0.15) is 43.0 Å². The van der Waals surface area contributed by atoms with Gasteiger partial charge < -0.3 is 10.1 Å². The first kappa shape index (κ1) is 20.4. The zero-order valence-electron chi connectivity index (χ0n) is 15.4. The summed E-state index contributed by atoms with van der Waals surface area (Å²) in [6.45, 7) is 1.72. The van der Waals surface area contributed by atoms with Gasteiger partial charge in [-0.1, -0.05) is 25.8 Å². The number of hydrogen-bond donors (Lipinski definition) is 1. The number of carbonyl (C=O) groups excluding carboxylic acids is 2. The second kappa shape index (κ2) is 8.64. The Morgan fingerprint density at radius 3 is 2.58 bits per heavy atom. The summed E-state index contributed by atoms with van der Waals surface area (Å²) in [5.74, 6) is -0.655. The lowest BCUT2D eigenvalue weighted by Gasteiger charge is -2.29. The molecule has 0 aliphatic heterocycles. The van der Waals surface area contributed by atoms with Crippen LogP contribution in [-0.4, -0.2) is 51.3 Å². The van der Waals surface area contributed by atoms with E-state index in [0.29, 0.717) is 5.92 Å². The van der Waals surface area contributed by atoms with Gasteiger partial charge in [0, 0.05) is 20.1 Å². The number of carbonyl (C=O) groups is 2. The number of amides is 1. The molecule has 8 heteroatoms.